The first-order valence-corrected chi connectivity index (χ1v) is 11.4. The molecule has 1 fully saturated rings. The van der Waals surface area contributed by atoms with Crippen LogP contribution in [-0.4, -0.2) is 50.2 Å². The van der Waals surface area contributed by atoms with E-state index in [9.17, 15) is 14.0 Å². The molecule has 1 saturated heterocycles. The van der Waals surface area contributed by atoms with Crippen molar-refractivity contribution in [3.63, 3.8) is 0 Å². The third kappa shape index (κ3) is 4.14. The van der Waals surface area contributed by atoms with Gasteiger partial charge in [0.05, 0.1) is 6.54 Å². The lowest BCUT2D eigenvalue weighted by atomic mass is 10.1. The summed E-state index contributed by atoms with van der Waals surface area (Å²) in [5.74, 6) is 0.471. The lowest BCUT2D eigenvalue weighted by Crippen LogP contribution is -2.47. The molecule has 0 saturated carbocycles. The number of anilines is 1. The van der Waals surface area contributed by atoms with Crippen molar-refractivity contribution in [3.05, 3.63) is 91.9 Å². The van der Waals surface area contributed by atoms with E-state index < -0.39 is 11.2 Å². The van der Waals surface area contributed by atoms with Crippen LogP contribution in [0.5, 0.6) is 0 Å². The molecule has 176 valence electrons. The predicted molar refractivity (Wildman–Crippen MR) is 130 cm³/mol. The fraction of sp³-hybridized carbons (Fsp3) is 0.320. The largest absolute Gasteiger partial charge is 0.340 e. The first-order chi connectivity index (χ1) is 16.4. The van der Waals surface area contributed by atoms with Crippen LogP contribution >= 0.6 is 0 Å². The maximum absolute atomic E-state index is 14.1. The molecule has 8 nitrogen and oxygen atoms in total. The molecule has 2 aromatic heterocycles. The van der Waals surface area contributed by atoms with E-state index in [0.29, 0.717) is 48.9 Å². The molecule has 9 heteroatoms. The average Bonchev–Trinajstić information content (AvgIpc) is 3.19. The minimum atomic E-state index is -0.487. The minimum Gasteiger partial charge on any atom is -0.340 e. The van der Waals surface area contributed by atoms with Crippen molar-refractivity contribution in [1.82, 2.24) is 24.0 Å². The quantitative estimate of drug-likeness (QED) is 0.492. The van der Waals surface area contributed by atoms with Gasteiger partial charge >= 0.3 is 5.69 Å². The van der Waals surface area contributed by atoms with Crippen LogP contribution in [0.2, 0.25) is 0 Å². The Bertz CT molecular complexity index is 1460. The molecular formula is C25H27FN6O2. The summed E-state index contributed by atoms with van der Waals surface area (Å²) >= 11 is 0. The van der Waals surface area contributed by atoms with Crippen LogP contribution in [0.4, 0.5) is 10.3 Å². The van der Waals surface area contributed by atoms with Gasteiger partial charge in [-0.05, 0) is 18.6 Å². The Morgan fingerprint density at radius 1 is 1.00 bits per heavy atom. The zero-order valence-corrected chi connectivity index (χ0v) is 19.3. The smallest absolute Gasteiger partial charge is 0.329 e. The fourth-order valence-electron chi connectivity index (χ4n) is 4.58. The number of aromatic amines is 1. The summed E-state index contributed by atoms with van der Waals surface area (Å²) in [6.45, 7) is 5.86. The summed E-state index contributed by atoms with van der Waals surface area (Å²) < 4.78 is 17.4. The van der Waals surface area contributed by atoms with Crippen LogP contribution in [0.25, 0.3) is 11.2 Å². The second kappa shape index (κ2) is 8.90. The monoisotopic (exact) mass is 462 g/mol. The Balaban J connectivity index is 1.47. The highest BCUT2D eigenvalue weighted by atomic mass is 19.1. The fourth-order valence-corrected chi connectivity index (χ4v) is 4.58. The molecule has 1 N–H and O–H groups in total. The number of H-pyrrole nitrogens is 1. The van der Waals surface area contributed by atoms with Gasteiger partial charge in [0.2, 0.25) is 5.95 Å². The van der Waals surface area contributed by atoms with Crippen LogP contribution in [0.15, 0.2) is 58.1 Å². The molecule has 1 aliphatic rings. The Hall–Kier alpha value is -3.72. The molecule has 34 heavy (non-hydrogen) atoms. The zero-order chi connectivity index (χ0) is 23.8. The topological polar surface area (TPSA) is 79.2 Å². The number of fused-ring (bicyclic) bond motifs is 1. The van der Waals surface area contributed by atoms with Gasteiger partial charge in [-0.1, -0.05) is 48.0 Å². The third-order valence-electron chi connectivity index (χ3n) is 6.42. The molecule has 3 heterocycles. The molecule has 0 spiro atoms. The maximum Gasteiger partial charge on any atom is 0.329 e. The number of hydrogen-bond acceptors (Lipinski definition) is 5. The highest BCUT2D eigenvalue weighted by molar-refractivity contribution is 5.74. The second-order valence-corrected chi connectivity index (χ2v) is 8.83. The van der Waals surface area contributed by atoms with Crippen LogP contribution in [0, 0.1) is 12.7 Å². The number of aromatic nitrogens is 4. The van der Waals surface area contributed by atoms with Crippen molar-refractivity contribution in [3.8, 4) is 0 Å². The number of hydrogen-bond donors (Lipinski definition) is 1. The summed E-state index contributed by atoms with van der Waals surface area (Å²) in [5, 5.41) is 0. The zero-order valence-electron chi connectivity index (χ0n) is 19.3. The molecule has 0 unspecified atom stereocenters. The molecule has 2 aromatic carbocycles. The number of aryl methyl sites for hydroxylation is 2. The summed E-state index contributed by atoms with van der Waals surface area (Å²) in [7, 11) is 1.61. The molecule has 0 atom stereocenters. The number of benzene rings is 2. The van der Waals surface area contributed by atoms with Gasteiger partial charge in [0, 0.05) is 45.3 Å². The van der Waals surface area contributed by atoms with Gasteiger partial charge in [-0.2, -0.15) is 4.98 Å². The van der Waals surface area contributed by atoms with Crippen LogP contribution in [-0.2, 0) is 20.1 Å². The van der Waals surface area contributed by atoms with Crippen molar-refractivity contribution in [2.24, 2.45) is 7.05 Å². The molecule has 0 radical (unpaired) electrons. The summed E-state index contributed by atoms with van der Waals surface area (Å²) in [4.78, 5) is 36.5. The lowest BCUT2D eigenvalue weighted by Gasteiger charge is -2.35. The van der Waals surface area contributed by atoms with Gasteiger partial charge < -0.3 is 4.90 Å². The van der Waals surface area contributed by atoms with E-state index >= 15 is 0 Å². The van der Waals surface area contributed by atoms with E-state index in [1.165, 1.54) is 10.6 Å². The van der Waals surface area contributed by atoms with Gasteiger partial charge in [-0.3, -0.25) is 23.8 Å². The standard InChI is InChI=1S/C25H27FN6O2/c1-17-6-5-7-18(14-17)15-32-21-22(29(2)25(34)28-23(21)33)27-24(32)31-12-10-30(11-13-31)16-19-8-3-4-9-20(19)26/h3-9,14H,10-13,15-16H2,1-2H3,(H,28,33,34). The number of halogens is 1. The normalized spacial score (nSPS) is 14.7. The Kier molecular flexibility index (Phi) is 5.79. The van der Waals surface area contributed by atoms with Crippen molar-refractivity contribution in [1.29, 1.82) is 0 Å². The van der Waals surface area contributed by atoms with Crippen molar-refractivity contribution >= 4 is 17.1 Å². The molecule has 1 aliphatic heterocycles. The minimum absolute atomic E-state index is 0.190. The second-order valence-electron chi connectivity index (χ2n) is 8.83. The third-order valence-corrected chi connectivity index (χ3v) is 6.42. The van der Waals surface area contributed by atoms with E-state index in [1.54, 1.807) is 13.1 Å². The number of piperazine rings is 1. The molecule has 4 aromatic rings. The molecule has 0 amide bonds. The number of nitrogens with one attached hydrogen (secondary N) is 1. The molecular weight excluding hydrogens is 435 g/mol. The Morgan fingerprint density at radius 2 is 1.76 bits per heavy atom. The summed E-state index contributed by atoms with van der Waals surface area (Å²) in [5.41, 5.74) is 2.68. The first-order valence-electron chi connectivity index (χ1n) is 11.4. The Morgan fingerprint density at radius 3 is 2.50 bits per heavy atom. The van der Waals surface area contributed by atoms with Crippen molar-refractivity contribution in [2.75, 3.05) is 31.1 Å². The van der Waals surface area contributed by atoms with Crippen LogP contribution in [0.1, 0.15) is 16.7 Å². The van der Waals surface area contributed by atoms with E-state index in [0.717, 1.165) is 24.2 Å². The highest BCUT2D eigenvalue weighted by Gasteiger charge is 2.25. The van der Waals surface area contributed by atoms with Crippen LogP contribution < -0.4 is 16.1 Å². The van der Waals surface area contributed by atoms with Crippen molar-refractivity contribution in [2.45, 2.75) is 20.0 Å². The van der Waals surface area contributed by atoms with E-state index in [-0.39, 0.29) is 5.82 Å². The number of imidazole rings is 1. The van der Waals surface area contributed by atoms with E-state index in [1.807, 2.05) is 41.8 Å². The Labute approximate surface area is 195 Å². The van der Waals surface area contributed by atoms with Gasteiger partial charge in [0.25, 0.3) is 5.56 Å². The van der Waals surface area contributed by atoms with Gasteiger partial charge in [0.1, 0.15) is 5.82 Å². The number of rotatable bonds is 5. The van der Waals surface area contributed by atoms with Crippen LogP contribution in [0.3, 0.4) is 0 Å². The van der Waals surface area contributed by atoms with Crippen molar-refractivity contribution < 1.29 is 4.39 Å². The predicted octanol–water partition coefficient (Wildman–Crippen LogP) is 2.24. The van der Waals surface area contributed by atoms with Gasteiger partial charge in [-0.15, -0.1) is 0 Å². The average molecular weight is 463 g/mol. The maximum atomic E-state index is 14.1. The SMILES string of the molecule is Cc1cccc(Cn2c(N3CCN(Cc4ccccc4F)CC3)nc3c2c(=O)[nH]c(=O)n3C)c1. The summed E-state index contributed by atoms with van der Waals surface area (Å²) in [6, 6.07) is 15.0. The molecule has 5 rings (SSSR count). The number of nitrogens with zero attached hydrogens (tertiary/aromatic N) is 5. The van der Waals surface area contributed by atoms with E-state index in [2.05, 4.69) is 20.9 Å². The highest BCUT2D eigenvalue weighted by Crippen LogP contribution is 2.23. The van der Waals surface area contributed by atoms with Gasteiger partial charge in [0.15, 0.2) is 11.2 Å². The summed E-state index contributed by atoms with van der Waals surface area (Å²) in [6.07, 6.45) is 0. The first kappa shape index (κ1) is 22.1. The molecule has 0 aliphatic carbocycles. The molecule has 0 bridgehead atoms. The van der Waals surface area contributed by atoms with Gasteiger partial charge in [-0.25, -0.2) is 9.18 Å². The lowest BCUT2D eigenvalue weighted by molar-refractivity contribution is 0.245. The van der Waals surface area contributed by atoms with E-state index in [4.69, 9.17) is 4.98 Å².